The lowest BCUT2D eigenvalue weighted by Gasteiger charge is -2.34. The maximum absolute atomic E-state index is 13.9. The molecule has 0 aromatic heterocycles. The molecule has 3 aromatic carbocycles. The van der Waals surface area contributed by atoms with Crippen molar-refractivity contribution in [1.82, 2.24) is 10.2 Å². The number of amides is 2. The lowest BCUT2D eigenvalue weighted by atomic mass is 10.0. The highest BCUT2D eigenvalue weighted by Crippen LogP contribution is 2.25. The molecule has 3 aromatic rings. The summed E-state index contributed by atoms with van der Waals surface area (Å²) in [6.07, 6.45) is 1.16. The van der Waals surface area contributed by atoms with Gasteiger partial charge in [0, 0.05) is 23.5 Å². The van der Waals surface area contributed by atoms with E-state index >= 15 is 0 Å². The van der Waals surface area contributed by atoms with Crippen molar-refractivity contribution in [2.45, 2.75) is 38.9 Å². The van der Waals surface area contributed by atoms with E-state index in [0.29, 0.717) is 0 Å². The molecule has 0 aliphatic heterocycles. The molecule has 0 fully saturated rings. The second kappa shape index (κ2) is 13.4. The molecule has 11 heteroatoms. The van der Waals surface area contributed by atoms with Crippen molar-refractivity contribution >= 4 is 55.1 Å². The van der Waals surface area contributed by atoms with Crippen molar-refractivity contribution in [3.63, 3.8) is 0 Å². The fraction of sp³-hybridized carbons (Fsp3) is 0.286. The number of rotatable bonds is 11. The molecular weight excluding hydrogens is 609 g/mol. The zero-order chi connectivity index (χ0) is 28.7. The number of carbonyl (C=O) groups excluding carboxylic acids is 2. The summed E-state index contributed by atoms with van der Waals surface area (Å²) >= 11 is 9.31. The highest BCUT2D eigenvalue weighted by Gasteiger charge is 2.33. The van der Waals surface area contributed by atoms with Gasteiger partial charge < -0.3 is 10.2 Å². The summed E-state index contributed by atoms with van der Waals surface area (Å²) in [5.74, 6) is -1.69. The molecule has 0 aliphatic rings. The van der Waals surface area contributed by atoms with Crippen molar-refractivity contribution in [3.05, 3.63) is 99.2 Å². The highest BCUT2D eigenvalue weighted by atomic mass is 79.9. The van der Waals surface area contributed by atoms with Gasteiger partial charge in [0.15, 0.2) is 0 Å². The van der Waals surface area contributed by atoms with Crippen molar-refractivity contribution in [2.75, 3.05) is 17.1 Å². The number of hydrogen-bond acceptors (Lipinski definition) is 4. The van der Waals surface area contributed by atoms with Crippen LogP contribution >= 0.6 is 27.5 Å². The first-order valence-electron chi connectivity index (χ1n) is 12.2. The van der Waals surface area contributed by atoms with Gasteiger partial charge in [-0.1, -0.05) is 70.0 Å². The Balaban J connectivity index is 2.06. The van der Waals surface area contributed by atoms with Crippen LogP contribution in [0, 0.1) is 5.82 Å². The number of anilines is 1. The molecular formula is C28H30BrClFN3O4S. The number of nitrogens with zero attached hydrogens (tertiary/aromatic N) is 2. The molecule has 0 saturated carbocycles. The van der Waals surface area contributed by atoms with E-state index in [1.807, 2.05) is 68.4 Å². The molecule has 0 saturated heterocycles. The van der Waals surface area contributed by atoms with E-state index in [0.717, 1.165) is 38.3 Å². The number of halogens is 3. The number of hydrogen-bond donors (Lipinski definition) is 1. The van der Waals surface area contributed by atoms with Gasteiger partial charge in [0.05, 0.1) is 17.0 Å². The summed E-state index contributed by atoms with van der Waals surface area (Å²) in [5.41, 5.74) is 1.62. The van der Waals surface area contributed by atoms with Crippen LogP contribution in [0.3, 0.4) is 0 Å². The fourth-order valence-corrected chi connectivity index (χ4v) is 5.26. The van der Waals surface area contributed by atoms with Crippen LogP contribution in [0.15, 0.2) is 77.3 Å². The Morgan fingerprint density at radius 2 is 1.64 bits per heavy atom. The first-order chi connectivity index (χ1) is 18.3. The predicted octanol–water partition coefficient (Wildman–Crippen LogP) is 5.17. The second-order valence-electron chi connectivity index (χ2n) is 9.38. The van der Waals surface area contributed by atoms with Gasteiger partial charge in [-0.2, -0.15) is 0 Å². The molecule has 3 rings (SSSR count). The maximum Gasteiger partial charge on any atom is 0.244 e. The van der Waals surface area contributed by atoms with Crippen LogP contribution in [0.5, 0.6) is 0 Å². The summed E-state index contributed by atoms with van der Waals surface area (Å²) in [7, 11) is -3.98. The molecule has 2 amide bonds. The molecule has 0 heterocycles. The van der Waals surface area contributed by atoms with E-state index < -0.39 is 34.3 Å². The average Bonchev–Trinajstić information content (AvgIpc) is 2.87. The Kier molecular flexibility index (Phi) is 10.5. The Hall–Kier alpha value is -2.95. The fourth-order valence-electron chi connectivity index (χ4n) is 3.98. The first-order valence-corrected chi connectivity index (χ1v) is 15.2. The number of nitrogens with one attached hydrogen (secondary N) is 1. The lowest BCUT2D eigenvalue weighted by molar-refractivity contribution is -0.140. The van der Waals surface area contributed by atoms with E-state index in [-0.39, 0.29) is 35.6 Å². The van der Waals surface area contributed by atoms with Crippen molar-refractivity contribution < 1.29 is 22.4 Å². The SMILES string of the molecule is CC(C)NC(=O)[C@H](Cc1ccccc1)N(Cc1ccc(Br)cc1)C(=O)CN(c1ccc(F)c(Cl)c1)S(C)(=O)=O. The number of carbonyl (C=O) groups is 2. The molecule has 7 nitrogen and oxygen atoms in total. The molecule has 0 aliphatic carbocycles. The third kappa shape index (κ3) is 8.78. The van der Waals surface area contributed by atoms with E-state index in [4.69, 9.17) is 11.6 Å². The normalized spacial score (nSPS) is 12.2. The quantitative estimate of drug-likeness (QED) is 0.314. The van der Waals surface area contributed by atoms with Gasteiger partial charge in [-0.25, -0.2) is 12.8 Å². The van der Waals surface area contributed by atoms with Crippen LogP contribution in [0.2, 0.25) is 5.02 Å². The molecule has 39 heavy (non-hydrogen) atoms. The van der Waals surface area contributed by atoms with Crippen LogP contribution in [0.25, 0.3) is 0 Å². The Bertz CT molecular complexity index is 1410. The van der Waals surface area contributed by atoms with E-state index in [1.54, 1.807) is 0 Å². The maximum atomic E-state index is 13.9. The third-order valence-corrected chi connectivity index (χ3v) is 7.80. The van der Waals surface area contributed by atoms with Gasteiger partial charge in [-0.3, -0.25) is 13.9 Å². The van der Waals surface area contributed by atoms with Crippen molar-refractivity contribution in [3.8, 4) is 0 Å². The minimum absolute atomic E-state index is 0.0343. The monoisotopic (exact) mass is 637 g/mol. The molecule has 1 atom stereocenters. The molecule has 0 bridgehead atoms. The molecule has 0 unspecified atom stereocenters. The third-order valence-electron chi connectivity index (χ3n) is 5.84. The van der Waals surface area contributed by atoms with Gasteiger partial charge >= 0.3 is 0 Å². The van der Waals surface area contributed by atoms with Crippen molar-refractivity contribution in [1.29, 1.82) is 0 Å². The minimum atomic E-state index is -3.98. The minimum Gasteiger partial charge on any atom is -0.352 e. The second-order valence-corrected chi connectivity index (χ2v) is 12.6. The topological polar surface area (TPSA) is 86.8 Å². The molecule has 0 spiro atoms. The lowest BCUT2D eigenvalue weighted by Crippen LogP contribution is -2.54. The molecule has 208 valence electrons. The highest BCUT2D eigenvalue weighted by molar-refractivity contribution is 9.10. The summed E-state index contributed by atoms with van der Waals surface area (Å²) < 4.78 is 41.0. The van der Waals surface area contributed by atoms with Gasteiger partial charge in [-0.15, -0.1) is 0 Å². The average molecular weight is 639 g/mol. The van der Waals surface area contributed by atoms with Crippen LogP contribution in [-0.4, -0.2) is 50.0 Å². The predicted molar refractivity (Wildman–Crippen MR) is 156 cm³/mol. The van der Waals surface area contributed by atoms with Gasteiger partial charge in [0.2, 0.25) is 21.8 Å². The largest absolute Gasteiger partial charge is 0.352 e. The Labute approximate surface area is 242 Å². The van der Waals surface area contributed by atoms with Crippen LogP contribution < -0.4 is 9.62 Å². The first kappa shape index (κ1) is 30.6. The van der Waals surface area contributed by atoms with Crippen LogP contribution in [0.1, 0.15) is 25.0 Å². The smallest absolute Gasteiger partial charge is 0.244 e. The van der Waals surface area contributed by atoms with E-state index in [2.05, 4.69) is 21.2 Å². The standard InChI is InChI=1S/C28H30BrClFN3O4S/c1-19(2)32-28(36)26(15-20-7-5-4-6-8-20)33(17-21-9-11-22(29)12-10-21)27(35)18-34(39(3,37)38)23-13-14-25(31)24(30)16-23/h4-14,16,19,26H,15,17-18H2,1-3H3,(H,32,36)/t26-/m0/s1. The zero-order valence-electron chi connectivity index (χ0n) is 21.8. The van der Waals surface area contributed by atoms with Gasteiger partial charge in [0.1, 0.15) is 18.4 Å². The zero-order valence-corrected chi connectivity index (χ0v) is 24.9. The van der Waals surface area contributed by atoms with Crippen LogP contribution in [-0.2, 0) is 32.6 Å². The van der Waals surface area contributed by atoms with Crippen molar-refractivity contribution in [2.24, 2.45) is 0 Å². The van der Waals surface area contributed by atoms with E-state index in [1.165, 1.54) is 11.0 Å². The molecule has 0 radical (unpaired) electrons. The van der Waals surface area contributed by atoms with Gasteiger partial charge in [0.25, 0.3) is 0 Å². The molecule has 1 N–H and O–H groups in total. The van der Waals surface area contributed by atoms with E-state index in [9.17, 15) is 22.4 Å². The summed E-state index contributed by atoms with van der Waals surface area (Å²) in [4.78, 5) is 28.8. The summed E-state index contributed by atoms with van der Waals surface area (Å²) in [5, 5.41) is 2.61. The summed E-state index contributed by atoms with van der Waals surface area (Å²) in [6, 6.07) is 18.8. The van der Waals surface area contributed by atoms with Crippen LogP contribution in [0.4, 0.5) is 10.1 Å². The number of benzene rings is 3. The Morgan fingerprint density at radius 1 is 1.00 bits per heavy atom. The number of sulfonamides is 1. The summed E-state index contributed by atoms with van der Waals surface area (Å²) in [6.45, 7) is 3.08. The van der Waals surface area contributed by atoms with Gasteiger partial charge in [-0.05, 0) is 55.3 Å². The Morgan fingerprint density at radius 3 is 2.21 bits per heavy atom.